The number of benzene rings is 3. The molecule has 1 aliphatic heterocycles. The van der Waals surface area contributed by atoms with Crippen molar-refractivity contribution in [2.45, 2.75) is 31.8 Å². The maximum atomic E-state index is 12.0. The Morgan fingerprint density at radius 2 is 1.57 bits per heavy atom. The van der Waals surface area contributed by atoms with Crippen LogP contribution in [-0.2, 0) is 4.74 Å². The van der Waals surface area contributed by atoms with Gasteiger partial charge in [0, 0.05) is 36.4 Å². The van der Waals surface area contributed by atoms with E-state index in [0.717, 1.165) is 39.0 Å². The fourth-order valence-electron chi connectivity index (χ4n) is 4.77. The van der Waals surface area contributed by atoms with Gasteiger partial charge in [0.15, 0.2) is 0 Å². The normalized spacial score (nSPS) is 16.8. The molecule has 0 aliphatic carbocycles. The first-order chi connectivity index (χ1) is 17.1. The van der Waals surface area contributed by atoms with Crippen LogP contribution in [0.5, 0.6) is 0 Å². The number of nitrogens with one attached hydrogen (secondary N) is 1. The topological polar surface area (TPSA) is 44.8 Å². The van der Waals surface area contributed by atoms with Crippen LogP contribution in [0, 0.1) is 0 Å². The first-order valence-electron chi connectivity index (χ1n) is 12.4. The Hall–Kier alpha value is -2.86. The summed E-state index contributed by atoms with van der Waals surface area (Å²) in [5.41, 5.74) is 3.36. The molecule has 4 rings (SSSR count). The van der Waals surface area contributed by atoms with Crippen molar-refractivity contribution in [2.24, 2.45) is 0 Å². The largest absolute Gasteiger partial charge is 0.449 e. The van der Waals surface area contributed by atoms with E-state index < -0.39 is 6.09 Å². The number of rotatable bonds is 9. The molecule has 1 aliphatic rings. The Morgan fingerprint density at radius 3 is 2.17 bits per heavy atom. The van der Waals surface area contributed by atoms with Gasteiger partial charge in [-0.25, -0.2) is 4.79 Å². The van der Waals surface area contributed by atoms with Gasteiger partial charge in [-0.05, 0) is 61.7 Å². The van der Waals surface area contributed by atoms with Gasteiger partial charge in [-0.2, -0.15) is 0 Å². The summed E-state index contributed by atoms with van der Waals surface area (Å²) in [6.45, 7) is 6.86. The number of ether oxygens (including phenoxy) is 1. The molecule has 0 aromatic heterocycles. The zero-order valence-corrected chi connectivity index (χ0v) is 21.0. The van der Waals surface area contributed by atoms with Crippen molar-refractivity contribution in [1.82, 2.24) is 9.80 Å². The highest BCUT2D eigenvalue weighted by Gasteiger charge is 2.31. The summed E-state index contributed by atoms with van der Waals surface area (Å²) in [4.78, 5) is 17.1. The van der Waals surface area contributed by atoms with E-state index in [1.165, 1.54) is 11.1 Å². The van der Waals surface area contributed by atoms with Crippen molar-refractivity contribution in [3.05, 3.63) is 101 Å². The summed E-state index contributed by atoms with van der Waals surface area (Å²) in [7, 11) is 0. The van der Waals surface area contributed by atoms with E-state index in [2.05, 4.69) is 82.7 Å². The van der Waals surface area contributed by atoms with Gasteiger partial charge in [-0.1, -0.05) is 72.3 Å². The molecule has 5 nitrogen and oxygen atoms in total. The number of carbonyl (C=O) groups is 1. The van der Waals surface area contributed by atoms with Gasteiger partial charge in [-0.3, -0.25) is 10.2 Å². The lowest BCUT2D eigenvalue weighted by Gasteiger charge is -2.44. The van der Waals surface area contributed by atoms with Crippen LogP contribution in [0.1, 0.15) is 36.9 Å². The number of halogens is 1. The van der Waals surface area contributed by atoms with Crippen LogP contribution in [-0.4, -0.2) is 54.7 Å². The Kier molecular flexibility index (Phi) is 9.18. The third-order valence-electron chi connectivity index (χ3n) is 6.52. The van der Waals surface area contributed by atoms with Crippen molar-refractivity contribution in [1.29, 1.82) is 0 Å². The van der Waals surface area contributed by atoms with Crippen LogP contribution in [0.25, 0.3) is 0 Å². The first-order valence-corrected chi connectivity index (χ1v) is 12.8. The third-order valence-corrected chi connectivity index (χ3v) is 6.77. The highest BCUT2D eigenvalue weighted by Crippen LogP contribution is 2.31. The quantitative estimate of drug-likeness (QED) is 0.349. The van der Waals surface area contributed by atoms with Gasteiger partial charge < -0.3 is 9.64 Å². The molecule has 3 aromatic carbocycles. The van der Waals surface area contributed by atoms with Crippen molar-refractivity contribution in [3.8, 4) is 0 Å². The Morgan fingerprint density at radius 1 is 0.943 bits per heavy atom. The maximum Gasteiger partial charge on any atom is 0.411 e. The molecule has 1 atom stereocenters. The van der Waals surface area contributed by atoms with Gasteiger partial charge >= 0.3 is 6.09 Å². The summed E-state index contributed by atoms with van der Waals surface area (Å²) in [6, 6.07) is 29.3. The van der Waals surface area contributed by atoms with E-state index in [1.54, 1.807) is 24.3 Å². The van der Waals surface area contributed by atoms with E-state index in [0.29, 0.717) is 23.4 Å². The molecule has 0 unspecified atom stereocenters. The molecule has 1 amide bonds. The van der Waals surface area contributed by atoms with Gasteiger partial charge in [-0.15, -0.1) is 0 Å². The van der Waals surface area contributed by atoms with Crippen molar-refractivity contribution in [2.75, 3.05) is 38.1 Å². The predicted octanol–water partition coefficient (Wildman–Crippen LogP) is 6.46. The molecular formula is C29H34ClN3O2. The van der Waals surface area contributed by atoms with E-state index in [-0.39, 0.29) is 6.04 Å². The van der Waals surface area contributed by atoms with Gasteiger partial charge in [0.05, 0.1) is 12.6 Å². The highest BCUT2D eigenvalue weighted by molar-refractivity contribution is 6.30. The average molecular weight is 492 g/mol. The smallest absolute Gasteiger partial charge is 0.411 e. The van der Waals surface area contributed by atoms with Crippen LogP contribution in [0.15, 0.2) is 84.9 Å². The van der Waals surface area contributed by atoms with Gasteiger partial charge in [0.1, 0.15) is 0 Å². The van der Waals surface area contributed by atoms with Crippen LogP contribution in [0.2, 0.25) is 5.02 Å². The second-order valence-corrected chi connectivity index (χ2v) is 9.52. The predicted molar refractivity (Wildman–Crippen MR) is 143 cm³/mol. The summed E-state index contributed by atoms with van der Waals surface area (Å²) in [5, 5.41) is 3.36. The number of amides is 1. The summed E-state index contributed by atoms with van der Waals surface area (Å²) >= 11 is 5.87. The average Bonchev–Trinajstić information content (AvgIpc) is 2.88. The molecule has 6 heteroatoms. The van der Waals surface area contributed by atoms with Crippen molar-refractivity contribution >= 4 is 23.4 Å². The molecule has 3 aromatic rings. The lowest BCUT2D eigenvalue weighted by atomic mass is 9.95. The van der Waals surface area contributed by atoms with Gasteiger partial charge in [0.2, 0.25) is 0 Å². The zero-order chi connectivity index (χ0) is 24.5. The number of hydrogen-bond acceptors (Lipinski definition) is 4. The monoisotopic (exact) mass is 491 g/mol. The molecular weight excluding hydrogens is 458 g/mol. The first kappa shape index (κ1) is 25.2. The molecule has 1 fully saturated rings. The maximum absolute atomic E-state index is 12.0. The number of carbonyl (C=O) groups excluding carboxylic acids is 1. The summed E-state index contributed by atoms with van der Waals surface area (Å²) < 4.78 is 5.32. The third kappa shape index (κ3) is 7.31. The molecule has 184 valence electrons. The van der Waals surface area contributed by atoms with E-state index in [4.69, 9.17) is 16.3 Å². The Balaban J connectivity index is 1.22. The summed E-state index contributed by atoms with van der Waals surface area (Å²) in [5.74, 6) is 0. The second-order valence-electron chi connectivity index (χ2n) is 9.09. The number of anilines is 1. The van der Waals surface area contributed by atoms with Crippen molar-refractivity contribution < 1.29 is 9.53 Å². The minimum absolute atomic E-state index is 0.266. The van der Waals surface area contributed by atoms with Crippen LogP contribution < -0.4 is 5.32 Å². The van der Waals surface area contributed by atoms with E-state index in [9.17, 15) is 4.79 Å². The number of hydrogen-bond donors (Lipinski definition) is 1. The zero-order valence-electron chi connectivity index (χ0n) is 20.3. The number of nitrogens with zero attached hydrogens (tertiary/aromatic N) is 2. The lowest BCUT2D eigenvalue weighted by molar-refractivity contribution is 0.0590. The van der Waals surface area contributed by atoms with E-state index >= 15 is 0 Å². The SMILES string of the molecule is C[C@@H]1CN(CCCCOC(=O)Nc2ccc(Cl)cc2)CCN1C(c1ccccc1)c1ccccc1. The van der Waals surface area contributed by atoms with E-state index in [1.807, 2.05) is 0 Å². The molecule has 1 heterocycles. The fraction of sp³-hybridized carbons (Fsp3) is 0.345. The molecule has 0 bridgehead atoms. The molecule has 0 saturated carbocycles. The van der Waals surface area contributed by atoms with Crippen LogP contribution in [0.3, 0.4) is 0 Å². The molecule has 0 radical (unpaired) electrons. The second kappa shape index (κ2) is 12.7. The standard InChI is InChI=1S/C29H34ClN3O2/c1-23-22-32(18-8-9-21-35-29(34)31-27-16-14-26(30)15-17-27)19-20-33(23)28(24-10-4-2-5-11-24)25-12-6-3-7-13-25/h2-7,10-17,23,28H,8-9,18-22H2,1H3,(H,31,34)/t23-/m1/s1. The minimum atomic E-state index is -0.428. The Labute approximate surface area is 213 Å². The highest BCUT2D eigenvalue weighted by atomic mass is 35.5. The minimum Gasteiger partial charge on any atom is -0.449 e. The fourth-order valence-corrected chi connectivity index (χ4v) is 4.90. The molecule has 1 N–H and O–H groups in total. The lowest BCUT2D eigenvalue weighted by Crippen LogP contribution is -2.53. The molecule has 1 saturated heterocycles. The number of unbranched alkanes of at least 4 members (excludes halogenated alkanes) is 1. The number of piperazine rings is 1. The Bertz CT molecular complexity index is 1010. The van der Waals surface area contributed by atoms with Crippen LogP contribution >= 0.6 is 11.6 Å². The van der Waals surface area contributed by atoms with Gasteiger partial charge in [0.25, 0.3) is 0 Å². The summed E-state index contributed by atoms with van der Waals surface area (Å²) in [6.07, 6.45) is 1.42. The molecule has 35 heavy (non-hydrogen) atoms. The van der Waals surface area contributed by atoms with Crippen molar-refractivity contribution in [3.63, 3.8) is 0 Å². The molecule has 0 spiro atoms. The van der Waals surface area contributed by atoms with Crippen LogP contribution in [0.4, 0.5) is 10.5 Å².